The van der Waals surface area contributed by atoms with Crippen LogP contribution in [0.5, 0.6) is 5.75 Å². The number of aliphatic hydroxyl groups is 1. The Hall–Kier alpha value is -4.34. The minimum absolute atomic E-state index is 0.166. The van der Waals surface area contributed by atoms with E-state index in [1.165, 1.54) is 11.2 Å². The Balaban J connectivity index is 1.25. The molecule has 2 aromatic carbocycles. The van der Waals surface area contributed by atoms with Gasteiger partial charge in [-0.1, -0.05) is 0 Å². The second kappa shape index (κ2) is 12.7. The zero-order valence-electron chi connectivity index (χ0n) is 21.9. The molecule has 5 rings (SSSR count). The third-order valence-electron chi connectivity index (χ3n) is 6.89. The molecule has 2 N–H and O–H groups in total. The standard InChI is InChI=1S/C28H30FN7O4/c29-23-16-36(26(38)17-37)10-8-25(23)40-24-7-2-19(14-20(24)15-30)27-31-18-32-28(34-27)33-21-3-5-22(6-4-21)35-9-1-12-39-13-11-35/h2-7,14,18,23,25,37H,1,8-13,16-17H2,(H,31,32,33,34)/t23-,25+/m1/s1. The van der Waals surface area contributed by atoms with E-state index in [1.54, 1.807) is 18.2 Å². The average Bonchev–Trinajstić information content (AvgIpc) is 3.28. The van der Waals surface area contributed by atoms with Crippen LogP contribution in [0, 0.1) is 11.3 Å². The number of rotatable bonds is 7. The number of likely N-dealkylation sites (tertiary alicyclic amines) is 1. The molecule has 3 aromatic rings. The van der Waals surface area contributed by atoms with E-state index in [0.717, 1.165) is 44.1 Å². The molecule has 0 saturated carbocycles. The molecule has 0 bridgehead atoms. The summed E-state index contributed by atoms with van der Waals surface area (Å²) in [7, 11) is 0. The van der Waals surface area contributed by atoms with Crippen LogP contribution in [-0.4, -0.2) is 89.1 Å². The van der Waals surface area contributed by atoms with Gasteiger partial charge >= 0.3 is 0 Å². The van der Waals surface area contributed by atoms with Gasteiger partial charge in [0.2, 0.25) is 11.9 Å². The number of piperidine rings is 1. The number of amides is 1. The predicted molar refractivity (Wildman–Crippen MR) is 145 cm³/mol. The van der Waals surface area contributed by atoms with Crippen molar-refractivity contribution >= 4 is 23.2 Å². The van der Waals surface area contributed by atoms with Crippen molar-refractivity contribution in [1.29, 1.82) is 5.26 Å². The fourth-order valence-corrected chi connectivity index (χ4v) is 4.75. The Bertz CT molecular complexity index is 1360. The highest BCUT2D eigenvalue weighted by Gasteiger charge is 2.33. The van der Waals surface area contributed by atoms with E-state index in [9.17, 15) is 14.4 Å². The summed E-state index contributed by atoms with van der Waals surface area (Å²) in [5.41, 5.74) is 2.74. The molecule has 0 aliphatic carbocycles. The van der Waals surface area contributed by atoms with E-state index >= 15 is 0 Å². The van der Waals surface area contributed by atoms with Crippen LogP contribution in [0.15, 0.2) is 48.8 Å². The second-order valence-electron chi connectivity index (χ2n) is 9.54. The Kier molecular flexibility index (Phi) is 8.63. The molecule has 1 aromatic heterocycles. The van der Waals surface area contributed by atoms with Crippen LogP contribution < -0.4 is 15.0 Å². The zero-order chi connectivity index (χ0) is 27.9. The molecule has 40 heavy (non-hydrogen) atoms. The molecule has 2 fully saturated rings. The van der Waals surface area contributed by atoms with Crippen molar-refractivity contribution in [2.75, 3.05) is 56.2 Å². The number of halogens is 1. The SMILES string of the molecule is N#Cc1cc(-c2ncnc(Nc3ccc(N4CCCOCC4)cc3)n2)ccc1O[C@H]1CCN(C(=O)CO)C[C@H]1F. The largest absolute Gasteiger partial charge is 0.486 e. The lowest BCUT2D eigenvalue weighted by Gasteiger charge is -2.34. The normalized spacial score (nSPS) is 19.4. The number of ether oxygens (including phenoxy) is 2. The molecule has 0 unspecified atom stereocenters. The quantitative estimate of drug-likeness (QED) is 0.454. The summed E-state index contributed by atoms with van der Waals surface area (Å²) in [6.45, 7) is 2.76. The summed E-state index contributed by atoms with van der Waals surface area (Å²) in [6.07, 6.45) is 0.377. The molecule has 0 radical (unpaired) electrons. The summed E-state index contributed by atoms with van der Waals surface area (Å²) in [5.74, 6) is 0.434. The van der Waals surface area contributed by atoms with Crippen LogP contribution in [0.4, 0.5) is 21.7 Å². The van der Waals surface area contributed by atoms with E-state index < -0.39 is 24.8 Å². The first-order chi connectivity index (χ1) is 19.5. The van der Waals surface area contributed by atoms with E-state index in [-0.39, 0.29) is 30.8 Å². The summed E-state index contributed by atoms with van der Waals surface area (Å²) in [5, 5.41) is 21.9. The van der Waals surface area contributed by atoms with Gasteiger partial charge in [0.05, 0.1) is 18.7 Å². The van der Waals surface area contributed by atoms with Crippen LogP contribution in [-0.2, 0) is 9.53 Å². The van der Waals surface area contributed by atoms with Crippen molar-refractivity contribution in [2.24, 2.45) is 0 Å². The summed E-state index contributed by atoms with van der Waals surface area (Å²) < 4.78 is 26.1. The molecule has 11 nitrogen and oxygen atoms in total. The van der Waals surface area contributed by atoms with Crippen LogP contribution in [0.1, 0.15) is 18.4 Å². The average molecular weight is 548 g/mol. The van der Waals surface area contributed by atoms with Crippen molar-refractivity contribution < 1.29 is 23.8 Å². The molecule has 3 heterocycles. The Morgan fingerprint density at radius 1 is 1.18 bits per heavy atom. The summed E-state index contributed by atoms with van der Waals surface area (Å²) in [6, 6.07) is 15.0. The molecule has 2 atom stereocenters. The monoisotopic (exact) mass is 547 g/mol. The Morgan fingerprint density at radius 3 is 2.80 bits per heavy atom. The van der Waals surface area contributed by atoms with Crippen LogP contribution in [0.25, 0.3) is 11.4 Å². The zero-order valence-corrected chi connectivity index (χ0v) is 21.9. The first-order valence-corrected chi connectivity index (χ1v) is 13.2. The number of nitriles is 1. The first kappa shape index (κ1) is 27.2. The lowest BCUT2D eigenvalue weighted by Crippen LogP contribution is -2.50. The molecule has 2 saturated heterocycles. The summed E-state index contributed by atoms with van der Waals surface area (Å²) >= 11 is 0. The maximum absolute atomic E-state index is 14.7. The number of aliphatic hydroxyl groups excluding tert-OH is 1. The highest BCUT2D eigenvalue weighted by Crippen LogP contribution is 2.29. The molecular formula is C28H30FN7O4. The van der Waals surface area contributed by atoms with Crippen molar-refractivity contribution in [1.82, 2.24) is 19.9 Å². The van der Waals surface area contributed by atoms with Gasteiger partial charge in [-0.2, -0.15) is 10.2 Å². The molecule has 12 heteroatoms. The maximum Gasteiger partial charge on any atom is 0.248 e. The number of carbonyl (C=O) groups is 1. The second-order valence-corrected chi connectivity index (χ2v) is 9.54. The highest BCUT2D eigenvalue weighted by atomic mass is 19.1. The van der Waals surface area contributed by atoms with Crippen LogP contribution >= 0.6 is 0 Å². The number of aromatic nitrogens is 3. The smallest absolute Gasteiger partial charge is 0.248 e. The van der Waals surface area contributed by atoms with E-state index in [4.69, 9.17) is 14.6 Å². The van der Waals surface area contributed by atoms with Gasteiger partial charge in [-0.05, 0) is 48.9 Å². The van der Waals surface area contributed by atoms with E-state index in [0.29, 0.717) is 17.3 Å². The Morgan fingerprint density at radius 2 is 2.02 bits per heavy atom. The van der Waals surface area contributed by atoms with Crippen LogP contribution in [0.2, 0.25) is 0 Å². The maximum atomic E-state index is 14.7. The third kappa shape index (κ3) is 6.44. The lowest BCUT2D eigenvalue weighted by molar-refractivity contribution is -0.138. The minimum Gasteiger partial charge on any atom is -0.486 e. The topological polar surface area (TPSA) is 137 Å². The molecule has 208 valence electrons. The number of hydrogen-bond acceptors (Lipinski definition) is 10. The lowest BCUT2D eigenvalue weighted by atomic mass is 10.0. The van der Waals surface area contributed by atoms with Gasteiger partial charge in [0, 0.05) is 49.6 Å². The number of nitrogens with zero attached hydrogens (tertiary/aromatic N) is 6. The van der Waals surface area contributed by atoms with Gasteiger partial charge in [0.1, 0.15) is 30.9 Å². The van der Waals surface area contributed by atoms with Gasteiger partial charge in [-0.25, -0.2) is 14.4 Å². The van der Waals surface area contributed by atoms with Crippen molar-refractivity contribution in [2.45, 2.75) is 25.1 Å². The van der Waals surface area contributed by atoms with Gasteiger partial charge in [-0.3, -0.25) is 4.79 Å². The Labute approximate surface area is 231 Å². The van der Waals surface area contributed by atoms with Gasteiger partial charge in [-0.15, -0.1) is 0 Å². The van der Waals surface area contributed by atoms with Crippen molar-refractivity contribution in [3.63, 3.8) is 0 Å². The molecule has 2 aliphatic heterocycles. The first-order valence-electron chi connectivity index (χ1n) is 13.2. The predicted octanol–water partition coefficient (Wildman–Crippen LogP) is 2.69. The summed E-state index contributed by atoms with van der Waals surface area (Å²) in [4.78, 5) is 28.2. The van der Waals surface area contributed by atoms with Gasteiger partial charge in [0.25, 0.3) is 0 Å². The minimum atomic E-state index is -1.44. The molecular weight excluding hydrogens is 517 g/mol. The number of anilines is 3. The molecule has 1 amide bonds. The fourth-order valence-electron chi connectivity index (χ4n) is 4.75. The highest BCUT2D eigenvalue weighted by molar-refractivity contribution is 5.77. The van der Waals surface area contributed by atoms with Crippen molar-refractivity contribution in [3.8, 4) is 23.2 Å². The van der Waals surface area contributed by atoms with E-state index in [1.807, 2.05) is 24.3 Å². The van der Waals surface area contributed by atoms with Gasteiger partial charge < -0.3 is 29.7 Å². The number of benzene rings is 2. The number of nitrogens with one attached hydrogen (secondary N) is 1. The molecule has 2 aliphatic rings. The fraction of sp³-hybridized carbons (Fsp3) is 0.393. The molecule has 0 spiro atoms. The van der Waals surface area contributed by atoms with E-state index in [2.05, 4.69) is 31.2 Å². The number of alkyl halides is 1. The van der Waals surface area contributed by atoms with Crippen molar-refractivity contribution in [3.05, 3.63) is 54.4 Å². The van der Waals surface area contributed by atoms with Gasteiger partial charge in [0.15, 0.2) is 12.0 Å². The third-order valence-corrected chi connectivity index (χ3v) is 6.89. The van der Waals surface area contributed by atoms with Crippen LogP contribution in [0.3, 0.4) is 0 Å². The number of carbonyl (C=O) groups excluding carboxylic acids is 1. The number of hydrogen-bond donors (Lipinski definition) is 2.